The van der Waals surface area contributed by atoms with Crippen molar-refractivity contribution in [1.29, 1.82) is 0 Å². The third-order valence-corrected chi connectivity index (χ3v) is 5.12. The van der Waals surface area contributed by atoms with Crippen LogP contribution in [0.3, 0.4) is 0 Å². The second kappa shape index (κ2) is 16.5. The van der Waals surface area contributed by atoms with Crippen LogP contribution >= 0.6 is 0 Å². The van der Waals surface area contributed by atoms with E-state index in [2.05, 4.69) is 38.2 Å². The van der Waals surface area contributed by atoms with Crippen molar-refractivity contribution in [1.82, 2.24) is 19.9 Å². The normalized spacial score (nSPS) is 9.57. The number of pyridine rings is 4. The maximum atomic E-state index is 10.5. The standard InChI is InChI=1S/C12H9N3.C10H8N2.C6H6O3.C3H8.Ru/c13-10-7-8-3-1-5-14-11(8)12-9(10)4-2-6-15-12;1-3-7-11-9(5-1)10-6-2-4-8-12-10;1-4-6(8)5(7)2-3-9-4;1-3-2;/h1-7H,13H2;1-8H;2-3,8H,1H3;3H2,1-2H3;. The van der Waals surface area contributed by atoms with Crippen molar-refractivity contribution in [2.45, 2.75) is 27.2 Å². The van der Waals surface area contributed by atoms with E-state index >= 15 is 0 Å². The molecule has 0 aliphatic heterocycles. The molecule has 0 saturated carbocycles. The molecule has 0 atom stereocenters. The van der Waals surface area contributed by atoms with E-state index in [1.807, 2.05) is 66.7 Å². The van der Waals surface area contributed by atoms with Crippen LogP contribution in [0, 0.1) is 6.92 Å². The van der Waals surface area contributed by atoms with Crippen molar-refractivity contribution in [3.05, 3.63) is 120 Å². The Labute approximate surface area is 245 Å². The summed E-state index contributed by atoms with van der Waals surface area (Å²) in [6, 6.07) is 22.4. The molecular formula is C31H31N5O3Ru. The number of anilines is 1. The Hall–Kier alpha value is -4.49. The van der Waals surface area contributed by atoms with Crippen molar-refractivity contribution in [3.8, 4) is 17.1 Å². The number of rotatable bonds is 1. The monoisotopic (exact) mass is 623 g/mol. The van der Waals surface area contributed by atoms with Crippen molar-refractivity contribution < 1.29 is 29.0 Å². The number of nitrogen functional groups attached to an aromatic ring is 1. The number of benzene rings is 1. The first-order valence-corrected chi connectivity index (χ1v) is 12.4. The minimum Gasteiger partial charge on any atom is -0.502 e. The summed E-state index contributed by atoms with van der Waals surface area (Å²) in [6.45, 7) is 5.77. The molecule has 0 aliphatic rings. The Balaban J connectivity index is 0.000000203. The predicted octanol–water partition coefficient (Wildman–Crippen LogP) is 6.58. The van der Waals surface area contributed by atoms with Gasteiger partial charge in [-0.3, -0.25) is 24.7 Å². The summed E-state index contributed by atoms with van der Waals surface area (Å²) in [6.07, 6.45) is 9.56. The fraction of sp³-hybridized carbons (Fsp3) is 0.129. The number of nitrogens with two attached hydrogens (primary N) is 1. The van der Waals surface area contributed by atoms with Gasteiger partial charge >= 0.3 is 0 Å². The summed E-state index contributed by atoms with van der Waals surface area (Å²) >= 11 is 0. The molecule has 40 heavy (non-hydrogen) atoms. The van der Waals surface area contributed by atoms with Crippen LogP contribution in [0.1, 0.15) is 26.0 Å². The van der Waals surface area contributed by atoms with E-state index in [1.165, 1.54) is 25.7 Å². The van der Waals surface area contributed by atoms with Gasteiger partial charge in [-0.25, -0.2) is 0 Å². The maximum absolute atomic E-state index is 10.5. The van der Waals surface area contributed by atoms with E-state index in [1.54, 1.807) is 24.8 Å². The molecule has 5 aromatic heterocycles. The molecular weight excluding hydrogens is 591 g/mol. The zero-order chi connectivity index (χ0) is 28.0. The average molecular weight is 623 g/mol. The molecule has 0 fully saturated rings. The largest absolute Gasteiger partial charge is 0.502 e. The molecule has 6 aromatic rings. The van der Waals surface area contributed by atoms with E-state index in [4.69, 9.17) is 10.8 Å². The summed E-state index contributed by atoms with van der Waals surface area (Å²) in [5.74, 6) is -0.0556. The molecule has 0 saturated heterocycles. The second-order valence-corrected chi connectivity index (χ2v) is 8.27. The minimum atomic E-state index is -0.404. The molecule has 0 unspecified atom stereocenters. The number of aryl methyl sites for hydroxylation is 1. The fourth-order valence-corrected chi connectivity index (χ4v) is 3.34. The van der Waals surface area contributed by atoms with E-state index in [0.717, 1.165) is 38.9 Å². The molecule has 3 N–H and O–H groups in total. The Morgan fingerprint density at radius 1 is 0.775 bits per heavy atom. The van der Waals surface area contributed by atoms with Crippen molar-refractivity contribution in [2.24, 2.45) is 0 Å². The molecule has 206 valence electrons. The second-order valence-electron chi connectivity index (χ2n) is 8.27. The molecule has 9 heteroatoms. The van der Waals surface area contributed by atoms with Gasteiger partial charge in [-0.15, -0.1) is 0 Å². The topological polar surface area (TPSA) is 128 Å². The zero-order valence-electron chi connectivity index (χ0n) is 22.5. The van der Waals surface area contributed by atoms with Crippen molar-refractivity contribution in [2.75, 3.05) is 5.73 Å². The third kappa shape index (κ3) is 8.78. The molecule has 5 heterocycles. The zero-order valence-corrected chi connectivity index (χ0v) is 24.2. The van der Waals surface area contributed by atoms with Crippen LogP contribution in [0.15, 0.2) is 113 Å². The first kappa shape index (κ1) is 31.7. The summed E-state index contributed by atoms with van der Waals surface area (Å²) in [5, 5.41) is 10.8. The maximum Gasteiger partial charge on any atom is 0.226 e. The Morgan fingerprint density at radius 3 is 1.85 bits per heavy atom. The molecule has 1 aromatic carbocycles. The molecule has 8 nitrogen and oxygen atoms in total. The van der Waals surface area contributed by atoms with Gasteiger partial charge in [0.05, 0.1) is 28.7 Å². The average Bonchev–Trinajstić information content (AvgIpc) is 2.98. The first-order valence-electron chi connectivity index (χ1n) is 12.4. The van der Waals surface area contributed by atoms with Crippen molar-refractivity contribution in [3.63, 3.8) is 0 Å². The van der Waals surface area contributed by atoms with Gasteiger partial charge in [-0.2, -0.15) is 0 Å². The summed E-state index contributed by atoms with van der Waals surface area (Å²) < 4.78 is 4.69. The van der Waals surface area contributed by atoms with Gasteiger partial charge in [0.1, 0.15) is 5.76 Å². The van der Waals surface area contributed by atoms with Crippen LogP contribution < -0.4 is 11.2 Å². The van der Waals surface area contributed by atoms with Gasteiger partial charge in [0.2, 0.25) is 11.2 Å². The molecule has 0 radical (unpaired) electrons. The Kier molecular flexibility index (Phi) is 13.1. The van der Waals surface area contributed by atoms with E-state index in [9.17, 15) is 4.79 Å². The molecule has 6 rings (SSSR count). The van der Waals surface area contributed by atoms with Crippen molar-refractivity contribution >= 4 is 27.5 Å². The van der Waals surface area contributed by atoms with Crippen LogP contribution in [0.5, 0.6) is 5.75 Å². The predicted molar refractivity (Wildman–Crippen MR) is 156 cm³/mol. The molecule has 0 amide bonds. The van der Waals surface area contributed by atoms with E-state index in [0.29, 0.717) is 0 Å². The number of hydrogen-bond donors (Lipinski definition) is 2. The molecule has 0 aliphatic carbocycles. The van der Waals surface area contributed by atoms with Gasteiger partial charge in [-0.1, -0.05) is 38.5 Å². The number of aromatic nitrogens is 4. The minimum absolute atomic E-state index is 0. The third-order valence-electron chi connectivity index (χ3n) is 5.12. The van der Waals surface area contributed by atoms with Gasteiger partial charge in [0.25, 0.3) is 0 Å². The number of aromatic hydroxyl groups is 1. The summed E-state index contributed by atoms with van der Waals surface area (Å²) in [7, 11) is 0. The first-order chi connectivity index (χ1) is 19.0. The van der Waals surface area contributed by atoms with Gasteiger partial charge in [-0.05, 0) is 55.5 Å². The van der Waals surface area contributed by atoms with Crippen LogP contribution in [0.2, 0.25) is 0 Å². The van der Waals surface area contributed by atoms with E-state index in [-0.39, 0.29) is 31.0 Å². The van der Waals surface area contributed by atoms with E-state index < -0.39 is 5.43 Å². The van der Waals surface area contributed by atoms with Crippen LogP contribution in [-0.2, 0) is 19.5 Å². The van der Waals surface area contributed by atoms with Crippen LogP contribution in [0.25, 0.3) is 33.2 Å². The van der Waals surface area contributed by atoms with Crippen LogP contribution in [0.4, 0.5) is 5.69 Å². The molecule has 0 spiro atoms. The molecule has 0 bridgehead atoms. The van der Waals surface area contributed by atoms with Gasteiger partial charge in [0.15, 0.2) is 0 Å². The van der Waals surface area contributed by atoms with Crippen LogP contribution in [-0.4, -0.2) is 25.0 Å². The summed E-state index contributed by atoms with van der Waals surface area (Å²) in [4.78, 5) is 27.6. The fourth-order valence-electron chi connectivity index (χ4n) is 3.34. The SMILES string of the molecule is CCC.Cc1occc(=O)c1O.Nc1cc2cccnc2c2ncccc12.[Ru].c1ccc(-c2ccccn2)nc1. The number of hydrogen-bond acceptors (Lipinski definition) is 8. The quantitative estimate of drug-likeness (QED) is 0.120. The number of nitrogens with zero attached hydrogens (tertiary/aromatic N) is 4. The van der Waals surface area contributed by atoms with Gasteiger partial charge in [0, 0.05) is 66.8 Å². The Morgan fingerprint density at radius 2 is 1.32 bits per heavy atom. The smallest absolute Gasteiger partial charge is 0.226 e. The Bertz CT molecular complexity index is 1630. The van der Waals surface area contributed by atoms with Gasteiger partial charge < -0.3 is 15.3 Å². The number of fused-ring (bicyclic) bond motifs is 3. The summed E-state index contributed by atoms with van der Waals surface area (Å²) in [5.41, 5.74) is 9.90.